The highest BCUT2D eigenvalue weighted by atomic mass is 16.6. The van der Waals surface area contributed by atoms with E-state index in [1.54, 1.807) is 57.2 Å². The summed E-state index contributed by atoms with van der Waals surface area (Å²) in [5, 5.41) is 0. The van der Waals surface area contributed by atoms with Crippen LogP contribution in [0.5, 0.6) is 5.75 Å². The number of hydrogen-bond acceptors (Lipinski definition) is 8. The van der Waals surface area contributed by atoms with Crippen LogP contribution in [0.3, 0.4) is 0 Å². The van der Waals surface area contributed by atoms with Crippen LogP contribution in [0.25, 0.3) is 11.1 Å². The SMILES string of the molecule is CC(=O)Oc1ccc(CONC(=O)CCC(Cc2cccc(-c3cccc(C(=O)OC(C)(C)C)c3)c2)C(=O)OC(C)(C)C)cc1. The fraction of sp³-hybridized carbons (Fsp3) is 0.389. The first-order valence-electron chi connectivity index (χ1n) is 14.9. The Labute approximate surface area is 265 Å². The molecule has 0 spiro atoms. The normalized spacial score (nSPS) is 12.2. The van der Waals surface area contributed by atoms with Gasteiger partial charge in [0.1, 0.15) is 17.0 Å². The molecular formula is C36H43NO8. The van der Waals surface area contributed by atoms with E-state index in [0.717, 1.165) is 22.3 Å². The van der Waals surface area contributed by atoms with Crippen molar-refractivity contribution in [3.05, 3.63) is 89.5 Å². The number of hydrogen-bond donors (Lipinski definition) is 1. The maximum atomic E-state index is 13.2. The first-order valence-corrected chi connectivity index (χ1v) is 14.9. The van der Waals surface area contributed by atoms with E-state index in [1.165, 1.54) is 6.92 Å². The number of carbonyl (C=O) groups excluding carboxylic acids is 4. The third kappa shape index (κ3) is 12.6. The van der Waals surface area contributed by atoms with E-state index in [0.29, 0.717) is 17.7 Å². The van der Waals surface area contributed by atoms with Gasteiger partial charge in [0.2, 0.25) is 5.91 Å². The molecule has 3 aromatic rings. The van der Waals surface area contributed by atoms with Gasteiger partial charge in [0.05, 0.1) is 18.1 Å². The minimum Gasteiger partial charge on any atom is -0.460 e. The number of amides is 1. The molecular weight excluding hydrogens is 574 g/mol. The van der Waals surface area contributed by atoms with Crippen LogP contribution < -0.4 is 10.2 Å². The molecule has 0 saturated heterocycles. The molecule has 0 aromatic heterocycles. The summed E-state index contributed by atoms with van der Waals surface area (Å²) in [4.78, 5) is 54.8. The van der Waals surface area contributed by atoms with Crippen LogP contribution >= 0.6 is 0 Å². The van der Waals surface area contributed by atoms with E-state index >= 15 is 0 Å². The summed E-state index contributed by atoms with van der Waals surface area (Å²) >= 11 is 0. The molecule has 0 radical (unpaired) electrons. The Bertz CT molecular complexity index is 1480. The zero-order valence-corrected chi connectivity index (χ0v) is 27.1. The third-order valence-corrected chi connectivity index (χ3v) is 6.31. The van der Waals surface area contributed by atoms with Gasteiger partial charge in [0.25, 0.3) is 0 Å². The lowest BCUT2D eigenvalue weighted by atomic mass is 9.92. The molecule has 9 heteroatoms. The van der Waals surface area contributed by atoms with Gasteiger partial charge in [-0.15, -0.1) is 0 Å². The topological polar surface area (TPSA) is 117 Å². The molecule has 1 N–H and O–H groups in total. The summed E-state index contributed by atoms with van der Waals surface area (Å²) in [7, 11) is 0. The van der Waals surface area contributed by atoms with Gasteiger partial charge in [-0.2, -0.15) is 0 Å². The Hall–Kier alpha value is -4.50. The van der Waals surface area contributed by atoms with Crippen LogP contribution in [0.2, 0.25) is 0 Å². The molecule has 1 amide bonds. The largest absolute Gasteiger partial charge is 0.460 e. The van der Waals surface area contributed by atoms with Crippen molar-refractivity contribution in [2.45, 2.75) is 85.5 Å². The average molecular weight is 618 g/mol. The van der Waals surface area contributed by atoms with Crippen LogP contribution in [0.15, 0.2) is 72.8 Å². The number of ether oxygens (including phenoxy) is 3. The molecule has 3 aromatic carbocycles. The number of hydroxylamine groups is 1. The molecule has 3 rings (SSSR count). The van der Waals surface area contributed by atoms with Gasteiger partial charge >= 0.3 is 17.9 Å². The van der Waals surface area contributed by atoms with E-state index in [2.05, 4.69) is 5.48 Å². The molecule has 0 aliphatic rings. The first-order chi connectivity index (χ1) is 21.1. The molecule has 0 heterocycles. The quantitative estimate of drug-likeness (QED) is 0.135. The van der Waals surface area contributed by atoms with E-state index in [4.69, 9.17) is 19.0 Å². The van der Waals surface area contributed by atoms with Crippen molar-refractivity contribution in [1.82, 2.24) is 5.48 Å². The number of nitrogens with one attached hydrogen (secondary N) is 1. The van der Waals surface area contributed by atoms with Crippen LogP contribution in [0.4, 0.5) is 0 Å². The van der Waals surface area contributed by atoms with Gasteiger partial charge in [-0.1, -0.05) is 48.5 Å². The van der Waals surface area contributed by atoms with Crippen molar-refractivity contribution < 1.29 is 38.2 Å². The number of carbonyl (C=O) groups is 4. The Balaban J connectivity index is 1.65. The predicted molar refractivity (Wildman–Crippen MR) is 170 cm³/mol. The summed E-state index contributed by atoms with van der Waals surface area (Å²) < 4.78 is 16.2. The standard InChI is InChI=1S/C36H43NO8/c1-24(38)43-31-17-14-25(15-18-31)23-42-37-32(39)19-16-30(34(41)45-36(5,6)7)21-26-10-8-11-27(20-26)28-12-9-13-29(22-28)33(40)44-35(2,3)4/h8-15,17-18,20,22,30H,16,19,21,23H2,1-7H3,(H,37,39). The maximum Gasteiger partial charge on any atom is 0.338 e. The summed E-state index contributed by atoms with van der Waals surface area (Å²) in [6.07, 6.45) is 0.657. The highest BCUT2D eigenvalue weighted by molar-refractivity contribution is 5.91. The van der Waals surface area contributed by atoms with E-state index in [1.807, 2.05) is 57.2 Å². The highest BCUT2D eigenvalue weighted by Crippen LogP contribution is 2.26. The summed E-state index contributed by atoms with van der Waals surface area (Å²) in [5.74, 6) is -1.72. The molecule has 45 heavy (non-hydrogen) atoms. The van der Waals surface area contributed by atoms with Gasteiger partial charge < -0.3 is 14.2 Å². The Morgan fingerprint density at radius 3 is 2.00 bits per heavy atom. The number of esters is 3. The molecule has 0 aliphatic carbocycles. The second-order valence-electron chi connectivity index (χ2n) is 12.8. The number of rotatable bonds is 12. The van der Waals surface area contributed by atoms with Gasteiger partial charge in [0, 0.05) is 13.3 Å². The van der Waals surface area contributed by atoms with Crippen molar-refractivity contribution in [3.8, 4) is 16.9 Å². The average Bonchev–Trinajstić information content (AvgIpc) is 2.94. The molecule has 1 unspecified atom stereocenters. The summed E-state index contributed by atoms with van der Waals surface area (Å²) in [5.41, 5.74) is 4.97. The second-order valence-corrected chi connectivity index (χ2v) is 12.8. The molecule has 0 aliphatic heterocycles. The van der Waals surface area contributed by atoms with Crippen molar-refractivity contribution >= 4 is 23.8 Å². The number of benzene rings is 3. The van der Waals surface area contributed by atoms with E-state index < -0.39 is 29.1 Å². The Morgan fingerprint density at radius 2 is 1.38 bits per heavy atom. The highest BCUT2D eigenvalue weighted by Gasteiger charge is 2.26. The van der Waals surface area contributed by atoms with Crippen LogP contribution in [-0.4, -0.2) is 35.0 Å². The van der Waals surface area contributed by atoms with Crippen molar-refractivity contribution in [2.24, 2.45) is 5.92 Å². The van der Waals surface area contributed by atoms with Crippen molar-refractivity contribution in [3.63, 3.8) is 0 Å². The van der Waals surface area contributed by atoms with Crippen LogP contribution in [0.1, 0.15) is 82.8 Å². The molecule has 0 saturated carbocycles. The third-order valence-electron chi connectivity index (χ3n) is 6.31. The zero-order valence-electron chi connectivity index (χ0n) is 27.1. The second kappa shape index (κ2) is 15.5. The van der Waals surface area contributed by atoms with Crippen molar-refractivity contribution in [2.75, 3.05) is 0 Å². The predicted octanol–water partition coefficient (Wildman–Crippen LogP) is 6.76. The first kappa shape index (κ1) is 35.0. The Kier molecular flexibility index (Phi) is 12.0. The summed E-state index contributed by atoms with van der Waals surface area (Å²) in [6, 6.07) is 21.7. The smallest absolute Gasteiger partial charge is 0.338 e. The monoisotopic (exact) mass is 617 g/mol. The lowest BCUT2D eigenvalue weighted by molar-refractivity contribution is -0.160. The molecule has 1 atom stereocenters. The fourth-order valence-electron chi connectivity index (χ4n) is 4.39. The fourth-order valence-corrected chi connectivity index (χ4v) is 4.39. The maximum absolute atomic E-state index is 13.2. The minimum atomic E-state index is -0.685. The van der Waals surface area contributed by atoms with Crippen LogP contribution in [0, 0.1) is 5.92 Å². The summed E-state index contributed by atoms with van der Waals surface area (Å²) in [6.45, 7) is 12.3. The van der Waals surface area contributed by atoms with Gasteiger partial charge in [-0.3, -0.25) is 19.2 Å². The van der Waals surface area contributed by atoms with E-state index in [9.17, 15) is 19.2 Å². The molecule has 240 valence electrons. The Morgan fingerprint density at radius 1 is 0.756 bits per heavy atom. The van der Waals surface area contributed by atoms with Gasteiger partial charge in [-0.25, -0.2) is 10.3 Å². The van der Waals surface area contributed by atoms with Gasteiger partial charge in [0.15, 0.2) is 0 Å². The minimum absolute atomic E-state index is 0.0485. The molecule has 0 bridgehead atoms. The van der Waals surface area contributed by atoms with Gasteiger partial charge in [-0.05, 0) is 101 Å². The molecule has 0 fully saturated rings. The van der Waals surface area contributed by atoms with Crippen LogP contribution in [-0.2, 0) is 41.7 Å². The zero-order chi connectivity index (χ0) is 33.2. The lowest BCUT2D eigenvalue weighted by Gasteiger charge is -2.24. The lowest BCUT2D eigenvalue weighted by Crippen LogP contribution is -2.31. The van der Waals surface area contributed by atoms with Crippen molar-refractivity contribution in [1.29, 1.82) is 0 Å². The molecule has 9 nitrogen and oxygen atoms in total. The van der Waals surface area contributed by atoms with E-state index in [-0.39, 0.29) is 31.3 Å².